The van der Waals surface area contributed by atoms with Gasteiger partial charge >= 0.3 is 0 Å². The third kappa shape index (κ3) is 7.85. The number of nitrogens with one attached hydrogen (secondary N) is 2. The first kappa shape index (κ1) is 16.0. The average Bonchev–Trinajstić information content (AvgIpc) is 2.36. The zero-order valence-corrected chi connectivity index (χ0v) is 12.5. The zero-order valence-electron chi connectivity index (χ0n) is 11.7. The van der Waals surface area contributed by atoms with Crippen LogP contribution in [-0.2, 0) is 11.2 Å². The number of halogens is 1. The Labute approximate surface area is 120 Å². The van der Waals surface area contributed by atoms with Crippen molar-refractivity contribution in [2.45, 2.75) is 26.7 Å². The molecule has 0 saturated carbocycles. The summed E-state index contributed by atoms with van der Waals surface area (Å²) in [4.78, 5) is 11.5. The molecule has 19 heavy (non-hydrogen) atoms. The van der Waals surface area contributed by atoms with E-state index in [-0.39, 0.29) is 5.91 Å². The molecule has 0 aliphatic carbocycles. The summed E-state index contributed by atoms with van der Waals surface area (Å²) in [5, 5.41) is 6.79. The summed E-state index contributed by atoms with van der Waals surface area (Å²) >= 11 is 5.82. The van der Waals surface area contributed by atoms with Gasteiger partial charge in [0.2, 0.25) is 5.91 Å². The van der Waals surface area contributed by atoms with Crippen LogP contribution in [0.15, 0.2) is 24.3 Å². The van der Waals surface area contributed by atoms with Gasteiger partial charge < -0.3 is 10.6 Å². The lowest BCUT2D eigenvalue weighted by Crippen LogP contribution is -2.35. The molecule has 1 amide bonds. The van der Waals surface area contributed by atoms with E-state index in [0.29, 0.717) is 12.5 Å². The van der Waals surface area contributed by atoms with Gasteiger partial charge in [-0.2, -0.15) is 0 Å². The Hall–Kier alpha value is -1.06. The fourth-order valence-corrected chi connectivity index (χ4v) is 1.77. The van der Waals surface area contributed by atoms with Gasteiger partial charge in [0.25, 0.3) is 0 Å². The maximum Gasteiger partial charge on any atom is 0.233 e. The first-order valence-electron chi connectivity index (χ1n) is 6.80. The summed E-state index contributed by atoms with van der Waals surface area (Å²) in [7, 11) is 0. The van der Waals surface area contributed by atoms with E-state index in [0.717, 1.165) is 31.0 Å². The molecular formula is C15H23ClN2O. The van der Waals surface area contributed by atoms with Gasteiger partial charge in [-0.3, -0.25) is 4.79 Å². The highest BCUT2D eigenvalue weighted by atomic mass is 35.5. The Morgan fingerprint density at radius 1 is 1.21 bits per heavy atom. The Morgan fingerprint density at radius 3 is 2.53 bits per heavy atom. The number of rotatable bonds is 8. The van der Waals surface area contributed by atoms with Crippen molar-refractivity contribution in [2.75, 3.05) is 19.6 Å². The topological polar surface area (TPSA) is 41.1 Å². The smallest absolute Gasteiger partial charge is 0.233 e. The van der Waals surface area contributed by atoms with Crippen LogP contribution < -0.4 is 10.6 Å². The van der Waals surface area contributed by atoms with Crippen LogP contribution in [0.1, 0.15) is 25.8 Å². The van der Waals surface area contributed by atoms with Gasteiger partial charge in [0, 0.05) is 11.6 Å². The molecule has 0 unspecified atom stereocenters. The quantitative estimate of drug-likeness (QED) is 0.720. The Bertz CT molecular complexity index is 376. The summed E-state index contributed by atoms with van der Waals surface area (Å²) in [5.41, 5.74) is 1.22. The SMILES string of the molecule is CC(C)CCNC(=O)CNCCc1ccc(Cl)cc1. The second-order valence-corrected chi connectivity index (χ2v) is 5.52. The number of benzene rings is 1. The van der Waals surface area contributed by atoms with E-state index < -0.39 is 0 Å². The minimum Gasteiger partial charge on any atom is -0.355 e. The molecule has 0 saturated heterocycles. The van der Waals surface area contributed by atoms with Gasteiger partial charge in [0.15, 0.2) is 0 Å². The Kier molecular flexibility index (Phi) is 7.53. The monoisotopic (exact) mass is 282 g/mol. The van der Waals surface area contributed by atoms with E-state index >= 15 is 0 Å². The normalized spacial score (nSPS) is 10.7. The van der Waals surface area contributed by atoms with Crippen LogP contribution in [0, 0.1) is 5.92 Å². The molecular weight excluding hydrogens is 260 g/mol. The van der Waals surface area contributed by atoms with Crippen LogP contribution in [0.5, 0.6) is 0 Å². The minimum atomic E-state index is 0.0664. The molecule has 0 atom stereocenters. The Balaban J connectivity index is 2.07. The average molecular weight is 283 g/mol. The van der Waals surface area contributed by atoms with Gasteiger partial charge in [-0.15, -0.1) is 0 Å². The molecule has 0 heterocycles. The molecule has 3 nitrogen and oxygen atoms in total. The molecule has 1 aromatic rings. The van der Waals surface area contributed by atoms with Crippen LogP contribution in [0.2, 0.25) is 5.02 Å². The lowest BCUT2D eigenvalue weighted by Gasteiger charge is -2.08. The number of amides is 1. The lowest BCUT2D eigenvalue weighted by atomic mass is 10.1. The number of carbonyl (C=O) groups excluding carboxylic acids is 1. The maximum absolute atomic E-state index is 11.5. The second-order valence-electron chi connectivity index (χ2n) is 5.09. The van der Waals surface area contributed by atoms with Crippen molar-refractivity contribution in [3.05, 3.63) is 34.9 Å². The molecule has 106 valence electrons. The highest BCUT2D eigenvalue weighted by molar-refractivity contribution is 6.30. The van der Waals surface area contributed by atoms with Crippen LogP contribution >= 0.6 is 11.6 Å². The summed E-state index contributed by atoms with van der Waals surface area (Å²) in [6, 6.07) is 7.78. The predicted molar refractivity (Wildman–Crippen MR) is 80.5 cm³/mol. The van der Waals surface area contributed by atoms with E-state index in [1.807, 2.05) is 24.3 Å². The fraction of sp³-hybridized carbons (Fsp3) is 0.533. The molecule has 0 fully saturated rings. The van der Waals surface area contributed by atoms with Gasteiger partial charge in [-0.1, -0.05) is 37.6 Å². The van der Waals surface area contributed by atoms with E-state index in [1.54, 1.807) is 0 Å². The molecule has 0 aliphatic heterocycles. The van der Waals surface area contributed by atoms with Crippen molar-refractivity contribution in [2.24, 2.45) is 5.92 Å². The zero-order chi connectivity index (χ0) is 14.1. The standard InChI is InChI=1S/C15H23ClN2O/c1-12(2)7-10-18-15(19)11-17-9-8-13-3-5-14(16)6-4-13/h3-6,12,17H,7-11H2,1-2H3,(H,18,19). The lowest BCUT2D eigenvalue weighted by molar-refractivity contribution is -0.120. The van der Waals surface area contributed by atoms with E-state index in [2.05, 4.69) is 24.5 Å². The van der Waals surface area contributed by atoms with Gasteiger partial charge in [0.1, 0.15) is 0 Å². The summed E-state index contributed by atoms with van der Waals surface area (Å²) in [6.07, 6.45) is 1.92. The predicted octanol–water partition coefficient (Wildman–Crippen LogP) is 2.63. The Morgan fingerprint density at radius 2 is 1.89 bits per heavy atom. The third-order valence-electron chi connectivity index (χ3n) is 2.83. The molecule has 1 rings (SSSR count). The van der Waals surface area contributed by atoms with Crippen LogP contribution in [0.4, 0.5) is 0 Å². The number of carbonyl (C=O) groups is 1. The minimum absolute atomic E-state index is 0.0664. The first-order valence-corrected chi connectivity index (χ1v) is 7.17. The van der Waals surface area contributed by atoms with Gasteiger partial charge in [-0.05, 0) is 43.0 Å². The number of hydrogen-bond acceptors (Lipinski definition) is 2. The van der Waals surface area contributed by atoms with E-state index in [4.69, 9.17) is 11.6 Å². The third-order valence-corrected chi connectivity index (χ3v) is 3.09. The largest absolute Gasteiger partial charge is 0.355 e. The van der Waals surface area contributed by atoms with Crippen molar-refractivity contribution in [1.29, 1.82) is 0 Å². The van der Waals surface area contributed by atoms with Crippen molar-refractivity contribution in [1.82, 2.24) is 10.6 Å². The highest BCUT2D eigenvalue weighted by Gasteiger charge is 2.01. The molecule has 0 aromatic heterocycles. The molecule has 0 radical (unpaired) electrons. The van der Waals surface area contributed by atoms with Crippen molar-refractivity contribution >= 4 is 17.5 Å². The number of hydrogen-bond donors (Lipinski definition) is 2. The molecule has 4 heteroatoms. The molecule has 0 aliphatic rings. The molecule has 0 spiro atoms. The molecule has 2 N–H and O–H groups in total. The molecule has 0 bridgehead atoms. The summed E-state index contributed by atoms with van der Waals surface area (Å²) < 4.78 is 0. The summed E-state index contributed by atoms with van der Waals surface area (Å²) in [5.74, 6) is 0.690. The first-order chi connectivity index (χ1) is 9.08. The molecule has 1 aromatic carbocycles. The van der Waals surface area contributed by atoms with Crippen molar-refractivity contribution in [3.8, 4) is 0 Å². The van der Waals surface area contributed by atoms with E-state index in [9.17, 15) is 4.79 Å². The van der Waals surface area contributed by atoms with Crippen molar-refractivity contribution < 1.29 is 4.79 Å². The van der Waals surface area contributed by atoms with Crippen LogP contribution in [0.25, 0.3) is 0 Å². The highest BCUT2D eigenvalue weighted by Crippen LogP contribution is 2.09. The van der Waals surface area contributed by atoms with Gasteiger partial charge in [-0.25, -0.2) is 0 Å². The van der Waals surface area contributed by atoms with Crippen LogP contribution in [0.3, 0.4) is 0 Å². The second kappa shape index (κ2) is 8.94. The van der Waals surface area contributed by atoms with E-state index in [1.165, 1.54) is 5.56 Å². The van der Waals surface area contributed by atoms with Gasteiger partial charge in [0.05, 0.1) is 6.54 Å². The van der Waals surface area contributed by atoms with Crippen molar-refractivity contribution in [3.63, 3.8) is 0 Å². The van der Waals surface area contributed by atoms with Crippen LogP contribution in [-0.4, -0.2) is 25.5 Å². The fourth-order valence-electron chi connectivity index (χ4n) is 1.65. The maximum atomic E-state index is 11.5. The summed E-state index contributed by atoms with van der Waals surface area (Å²) in [6.45, 7) is 6.23.